The summed E-state index contributed by atoms with van der Waals surface area (Å²) in [5, 5.41) is 0. The Bertz CT molecular complexity index is 871. The lowest BCUT2D eigenvalue weighted by Gasteiger charge is -2.30. The van der Waals surface area contributed by atoms with Gasteiger partial charge in [0, 0.05) is 13.1 Å². The Balaban J connectivity index is 1.44. The summed E-state index contributed by atoms with van der Waals surface area (Å²) in [6.45, 7) is 4.36. The van der Waals surface area contributed by atoms with Crippen LogP contribution in [0.25, 0.3) is 0 Å². The van der Waals surface area contributed by atoms with Crippen molar-refractivity contribution in [3.63, 3.8) is 0 Å². The summed E-state index contributed by atoms with van der Waals surface area (Å²) in [6, 6.07) is 12.5. The maximum absolute atomic E-state index is 13.2. The fourth-order valence-corrected chi connectivity index (χ4v) is 4.13. The first-order chi connectivity index (χ1) is 14.0. The zero-order chi connectivity index (χ0) is 20.4. The predicted molar refractivity (Wildman–Crippen MR) is 109 cm³/mol. The number of ether oxygens (including phenoxy) is 2. The van der Waals surface area contributed by atoms with Gasteiger partial charge in [0.15, 0.2) is 11.5 Å². The molecule has 154 valence electrons. The first-order valence-corrected chi connectivity index (χ1v) is 10.2. The van der Waals surface area contributed by atoms with Crippen LogP contribution in [0.15, 0.2) is 42.5 Å². The SMILES string of the molecule is C[C@@H](c1ccc(F)cc1)N(C)C(=O)CN1CCC[C@H]1c1ccc2c(c1)OCCO2. The Morgan fingerprint density at radius 3 is 2.66 bits per heavy atom. The van der Waals surface area contributed by atoms with Crippen molar-refractivity contribution >= 4 is 5.91 Å². The van der Waals surface area contributed by atoms with E-state index in [9.17, 15) is 9.18 Å². The van der Waals surface area contributed by atoms with Gasteiger partial charge in [-0.15, -0.1) is 0 Å². The molecule has 29 heavy (non-hydrogen) atoms. The lowest BCUT2D eigenvalue weighted by atomic mass is 10.0. The molecule has 2 aromatic rings. The van der Waals surface area contributed by atoms with E-state index in [0.717, 1.165) is 42.0 Å². The number of likely N-dealkylation sites (tertiary alicyclic amines) is 1. The lowest BCUT2D eigenvalue weighted by molar-refractivity contribution is -0.133. The van der Waals surface area contributed by atoms with Gasteiger partial charge in [-0.25, -0.2) is 4.39 Å². The molecular weight excluding hydrogens is 371 g/mol. The average Bonchev–Trinajstić information content (AvgIpc) is 3.21. The molecule has 0 bridgehead atoms. The molecule has 0 unspecified atom stereocenters. The van der Waals surface area contributed by atoms with Crippen molar-refractivity contribution in [3.05, 3.63) is 59.4 Å². The van der Waals surface area contributed by atoms with Crippen molar-refractivity contribution < 1.29 is 18.7 Å². The van der Waals surface area contributed by atoms with E-state index in [1.165, 1.54) is 12.1 Å². The average molecular weight is 398 g/mol. The molecule has 0 saturated carbocycles. The minimum atomic E-state index is -0.269. The number of hydrogen-bond acceptors (Lipinski definition) is 4. The summed E-state index contributed by atoms with van der Waals surface area (Å²) < 4.78 is 24.5. The summed E-state index contributed by atoms with van der Waals surface area (Å²) in [4.78, 5) is 16.9. The van der Waals surface area contributed by atoms with Crippen LogP contribution in [0, 0.1) is 5.82 Å². The number of hydrogen-bond donors (Lipinski definition) is 0. The van der Waals surface area contributed by atoms with Gasteiger partial charge in [0.25, 0.3) is 0 Å². The number of rotatable bonds is 5. The molecule has 6 heteroatoms. The van der Waals surface area contributed by atoms with E-state index in [1.54, 1.807) is 17.0 Å². The largest absolute Gasteiger partial charge is 0.486 e. The first-order valence-electron chi connectivity index (χ1n) is 10.2. The van der Waals surface area contributed by atoms with Crippen molar-refractivity contribution in [2.45, 2.75) is 31.8 Å². The molecule has 4 rings (SSSR count). The number of carbonyl (C=O) groups is 1. The number of carbonyl (C=O) groups excluding carboxylic acids is 1. The molecule has 0 spiro atoms. The van der Waals surface area contributed by atoms with Gasteiger partial charge in [-0.2, -0.15) is 0 Å². The summed E-state index contributed by atoms with van der Waals surface area (Å²) in [5.41, 5.74) is 2.08. The third kappa shape index (κ3) is 4.22. The lowest BCUT2D eigenvalue weighted by Crippen LogP contribution is -2.39. The number of amides is 1. The van der Waals surface area contributed by atoms with Crippen molar-refractivity contribution in [2.75, 3.05) is 33.4 Å². The van der Waals surface area contributed by atoms with Gasteiger partial charge in [-0.1, -0.05) is 18.2 Å². The van der Waals surface area contributed by atoms with E-state index in [1.807, 2.05) is 26.1 Å². The molecule has 0 radical (unpaired) electrons. The van der Waals surface area contributed by atoms with Crippen LogP contribution in [0.5, 0.6) is 11.5 Å². The van der Waals surface area contributed by atoms with Gasteiger partial charge in [0.05, 0.1) is 12.6 Å². The number of benzene rings is 2. The minimum Gasteiger partial charge on any atom is -0.486 e. The molecule has 2 aliphatic rings. The van der Waals surface area contributed by atoms with Gasteiger partial charge < -0.3 is 14.4 Å². The van der Waals surface area contributed by atoms with E-state index in [4.69, 9.17) is 9.47 Å². The standard InChI is InChI=1S/C23H27FN2O3/c1-16(17-5-8-19(24)9-6-17)25(2)23(27)15-26-11-3-4-20(26)18-7-10-21-22(14-18)29-13-12-28-21/h5-10,14,16,20H,3-4,11-13,15H2,1-2H3/t16-,20-/m0/s1. The molecule has 0 aromatic heterocycles. The minimum absolute atomic E-state index is 0.0614. The first kappa shape index (κ1) is 19.7. The fraction of sp³-hybridized carbons (Fsp3) is 0.435. The van der Waals surface area contributed by atoms with E-state index in [2.05, 4.69) is 11.0 Å². The Kier molecular flexibility index (Phi) is 5.72. The molecule has 2 heterocycles. The van der Waals surface area contributed by atoms with Crippen LogP contribution in [0.3, 0.4) is 0 Å². The third-order valence-corrected chi connectivity index (χ3v) is 5.98. The topological polar surface area (TPSA) is 42.0 Å². The Morgan fingerprint density at radius 1 is 1.17 bits per heavy atom. The van der Waals surface area contributed by atoms with Crippen molar-refractivity contribution in [1.82, 2.24) is 9.80 Å². The molecule has 0 aliphatic carbocycles. The number of halogens is 1. The van der Waals surface area contributed by atoms with Gasteiger partial charge in [0.2, 0.25) is 5.91 Å². The molecule has 2 atom stereocenters. The van der Waals surface area contributed by atoms with Gasteiger partial charge in [-0.3, -0.25) is 9.69 Å². The maximum atomic E-state index is 13.2. The van der Waals surface area contributed by atoms with Gasteiger partial charge in [0.1, 0.15) is 19.0 Å². The molecule has 0 N–H and O–H groups in total. The van der Waals surface area contributed by atoms with Crippen LogP contribution in [0.1, 0.15) is 43.0 Å². The molecule has 1 amide bonds. The molecule has 1 saturated heterocycles. The summed E-state index contributed by atoms with van der Waals surface area (Å²) in [5.74, 6) is 1.36. The smallest absolute Gasteiger partial charge is 0.237 e. The van der Waals surface area contributed by atoms with E-state index in [-0.39, 0.29) is 23.8 Å². The number of fused-ring (bicyclic) bond motifs is 1. The highest BCUT2D eigenvalue weighted by Gasteiger charge is 2.30. The van der Waals surface area contributed by atoms with Gasteiger partial charge in [-0.05, 0) is 61.7 Å². The fourth-order valence-electron chi connectivity index (χ4n) is 4.13. The van der Waals surface area contributed by atoms with Crippen LogP contribution < -0.4 is 9.47 Å². The highest BCUT2D eigenvalue weighted by Crippen LogP contribution is 2.38. The molecule has 2 aliphatic heterocycles. The van der Waals surface area contributed by atoms with E-state index in [0.29, 0.717) is 19.8 Å². The quantitative estimate of drug-likeness (QED) is 0.765. The number of nitrogens with zero attached hydrogens (tertiary/aromatic N) is 2. The van der Waals surface area contributed by atoms with Crippen LogP contribution in [-0.4, -0.2) is 49.1 Å². The van der Waals surface area contributed by atoms with Crippen molar-refractivity contribution in [1.29, 1.82) is 0 Å². The summed E-state index contributed by atoms with van der Waals surface area (Å²) >= 11 is 0. The maximum Gasteiger partial charge on any atom is 0.237 e. The zero-order valence-electron chi connectivity index (χ0n) is 16.9. The number of likely N-dealkylation sites (N-methyl/N-ethyl adjacent to an activating group) is 1. The Hall–Kier alpha value is -2.60. The molecule has 5 nitrogen and oxygen atoms in total. The molecule has 2 aromatic carbocycles. The normalized spacial score (nSPS) is 19.8. The monoisotopic (exact) mass is 398 g/mol. The molecular formula is C23H27FN2O3. The van der Waals surface area contributed by atoms with E-state index >= 15 is 0 Å². The van der Waals surface area contributed by atoms with Crippen LogP contribution >= 0.6 is 0 Å². The van der Waals surface area contributed by atoms with Crippen LogP contribution in [0.2, 0.25) is 0 Å². The molecule has 1 fully saturated rings. The highest BCUT2D eigenvalue weighted by molar-refractivity contribution is 5.78. The van der Waals surface area contributed by atoms with Crippen molar-refractivity contribution in [3.8, 4) is 11.5 Å². The second kappa shape index (κ2) is 8.41. The predicted octanol–water partition coefficient (Wildman–Crippen LogP) is 3.95. The summed E-state index contributed by atoms with van der Waals surface area (Å²) in [7, 11) is 1.81. The second-order valence-electron chi connectivity index (χ2n) is 7.76. The second-order valence-corrected chi connectivity index (χ2v) is 7.76. The summed E-state index contributed by atoms with van der Waals surface area (Å²) in [6.07, 6.45) is 2.08. The van der Waals surface area contributed by atoms with Gasteiger partial charge >= 0.3 is 0 Å². The Labute approximate surface area is 171 Å². The van der Waals surface area contributed by atoms with Crippen molar-refractivity contribution in [2.24, 2.45) is 0 Å². The van der Waals surface area contributed by atoms with E-state index < -0.39 is 0 Å². The zero-order valence-corrected chi connectivity index (χ0v) is 16.9. The third-order valence-electron chi connectivity index (χ3n) is 5.98. The van der Waals surface area contributed by atoms with Crippen LogP contribution in [0.4, 0.5) is 4.39 Å². The van der Waals surface area contributed by atoms with Crippen LogP contribution in [-0.2, 0) is 4.79 Å². The highest BCUT2D eigenvalue weighted by atomic mass is 19.1. The Morgan fingerprint density at radius 2 is 1.90 bits per heavy atom.